The number of nitro benzene ring substituents is 1. The molecule has 1 aliphatic carbocycles. The minimum Gasteiger partial charge on any atom is -0.390 e. The first kappa shape index (κ1) is 18.7. The quantitative estimate of drug-likeness (QED) is 0.541. The number of aliphatic hydroxyl groups is 1. The summed E-state index contributed by atoms with van der Waals surface area (Å²) in [5.41, 5.74) is -0.247. The van der Waals surface area contributed by atoms with Crippen LogP contribution in [-0.4, -0.2) is 33.2 Å². The molecule has 2 N–H and O–H groups in total. The van der Waals surface area contributed by atoms with E-state index in [4.69, 9.17) is 5.11 Å². The minimum atomic E-state index is -3.39. The molecule has 1 aliphatic rings. The molecular formula is C16H16BrF2N3O4. The van der Waals surface area contributed by atoms with Gasteiger partial charge in [-0.3, -0.25) is 14.9 Å². The molecule has 3 rings (SSSR count). The zero-order valence-electron chi connectivity index (χ0n) is 13.7. The Morgan fingerprint density at radius 1 is 1.50 bits per heavy atom. The van der Waals surface area contributed by atoms with Crippen molar-refractivity contribution < 1.29 is 18.8 Å². The first-order valence-electron chi connectivity index (χ1n) is 7.89. The van der Waals surface area contributed by atoms with Gasteiger partial charge in [-0.05, 0) is 40.8 Å². The highest BCUT2D eigenvalue weighted by atomic mass is 79.9. The maximum absolute atomic E-state index is 14.2. The summed E-state index contributed by atoms with van der Waals surface area (Å²) in [6.45, 7) is -1.33. The van der Waals surface area contributed by atoms with Crippen LogP contribution in [0.3, 0.4) is 0 Å². The van der Waals surface area contributed by atoms with Crippen molar-refractivity contribution in [1.29, 1.82) is 0 Å². The van der Waals surface area contributed by atoms with Crippen LogP contribution in [0.4, 0.5) is 20.2 Å². The normalized spacial score (nSPS) is 15.9. The predicted molar refractivity (Wildman–Crippen MR) is 95.7 cm³/mol. The molecule has 1 atom stereocenters. The number of aryl methyl sites for hydroxylation is 1. The maximum atomic E-state index is 14.2. The van der Waals surface area contributed by atoms with Gasteiger partial charge in [0.05, 0.1) is 22.2 Å². The number of halogens is 3. The lowest BCUT2D eigenvalue weighted by atomic mass is 10.0. The number of rotatable bonds is 6. The van der Waals surface area contributed by atoms with E-state index in [1.807, 2.05) is 0 Å². The third-order valence-corrected chi connectivity index (χ3v) is 5.33. The number of hydrogen-bond donors (Lipinski definition) is 2. The van der Waals surface area contributed by atoms with Crippen molar-refractivity contribution in [3.63, 3.8) is 0 Å². The first-order valence-corrected chi connectivity index (χ1v) is 8.68. The van der Waals surface area contributed by atoms with Crippen molar-refractivity contribution in [2.24, 2.45) is 13.0 Å². The number of nitrogens with zero attached hydrogens (tertiary/aromatic N) is 2. The Morgan fingerprint density at radius 2 is 2.15 bits per heavy atom. The van der Waals surface area contributed by atoms with E-state index in [2.05, 4.69) is 21.2 Å². The summed E-state index contributed by atoms with van der Waals surface area (Å²) in [6, 6.07) is 2.52. The van der Waals surface area contributed by atoms with E-state index in [0.29, 0.717) is 18.4 Å². The Hall–Kier alpha value is -2.07. The number of nitro groups is 1. The molecule has 0 aliphatic heterocycles. The number of anilines is 1. The molecule has 0 amide bonds. The van der Waals surface area contributed by atoms with E-state index >= 15 is 0 Å². The topological polar surface area (TPSA) is 97.4 Å². The molecule has 10 heteroatoms. The zero-order chi connectivity index (χ0) is 19.2. The van der Waals surface area contributed by atoms with Crippen LogP contribution in [0, 0.1) is 16.0 Å². The molecule has 1 aromatic heterocycles. The van der Waals surface area contributed by atoms with Crippen LogP contribution in [0.2, 0.25) is 0 Å². The van der Waals surface area contributed by atoms with E-state index in [9.17, 15) is 23.7 Å². The number of non-ortho nitro benzene ring substituents is 1. The molecular weight excluding hydrogens is 416 g/mol. The second-order valence-electron chi connectivity index (χ2n) is 6.39. The predicted octanol–water partition coefficient (Wildman–Crippen LogP) is 3.03. The van der Waals surface area contributed by atoms with Gasteiger partial charge >= 0.3 is 0 Å². The Morgan fingerprint density at radius 3 is 2.69 bits per heavy atom. The van der Waals surface area contributed by atoms with E-state index in [1.54, 1.807) is 0 Å². The van der Waals surface area contributed by atoms with Crippen LogP contribution in [0.5, 0.6) is 0 Å². The lowest BCUT2D eigenvalue weighted by Gasteiger charge is -2.28. The summed E-state index contributed by atoms with van der Waals surface area (Å²) in [7, 11) is 1.49. The molecule has 0 saturated heterocycles. The smallest absolute Gasteiger partial charge is 0.290 e. The molecule has 140 valence electrons. The van der Waals surface area contributed by atoms with Crippen LogP contribution in [-0.2, 0) is 7.05 Å². The molecule has 1 unspecified atom stereocenters. The molecule has 0 spiro atoms. The lowest BCUT2D eigenvalue weighted by Crippen LogP contribution is -2.44. The molecule has 1 saturated carbocycles. The van der Waals surface area contributed by atoms with E-state index in [1.165, 1.54) is 29.8 Å². The third-order valence-electron chi connectivity index (χ3n) is 4.59. The van der Waals surface area contributed by atoms with Crippen molar-refractivity contribution >= 4 is 38.2 Å². The Labute approximate surface area is 154 Å². The third kappa shape index (κ3) is 3.18. The van der Waals surface area contributed by atoms with Crippen LogP contribution in [0.25, 0.3) is 10.9 Å². The average molecular weight is 432 g/mol. The highest BCUT2D eigenvalue weighted by Gasteiger charge is 2.48. The SMILES string of the molecule is Cn1c(=O)c(Br)c(NC(C2CC2)C(F)(F)CO)c2cc([N+](=O)[O-])ccc21. The summed E-state index contributed by atoms with van der Waals surface area (Å²) in [4.78, 5) is 22.9. The fourth-order valence-corrected chi connectivity index (χ4v) is 3.60. The fraction of sp³-hybridized carbons (Fsp3) is 0.438. The molecule has 7 nitrogen and oxygen atoms in total. The van der Waals surface area contributed by atoms with Crippen LogP contribution in [0.15, 0.2) is 27.5 Å². The van der Waals surface area contributed by atoms with Gasteiger partial charge in [0.25, 0.3) is 17.2 Å². The minimum absolute atomic E-state index is 0.00684. The Bertz CT molecular complexity index is 943. The number of nitrogens with one attached hydrogen (secondary N) is 1. The number of fused-ring (bicyclic) bond motifs is 1. The number of pyridine rings is 1. The van der Waals surface area contributed by atoms with Crippen LogP contribution >= 0.6 is 15.9 Å². The van der Waals surface area contributed by atoms with Crippen molar-refractivity contribution in [3.05, 3.63) is 43.1 Å². The fourth-order valence-electron chi connectivity index (χ4n) is 3.00. The van der Waals surface area contributed by atoms with Gasteiger partial charge in [0.1, 0.15) is 11.1 Å². The average Bonchev–Trinajstić information content (AvgIpc) is 3.44. The van der Waals surface area contributed by atoms with Gasteiger partial charge in [-0.15, -0.1) is 0 Å². The van der Waals surface area contributed by atoms with Crippen LogP contribution < -0.4 is 10.9 Å². The number of aromatic nitrogens is 1. The van der Waals surface area contributed by atoms with E-state index in [-0.39, 0.29) is 27.2 Å². The first-order chi connectivity index (χ1) is 12.2. The van der Waals surface area contributed by atoms with Gasteiger partial charge in [0.15, 0.2) is 0 Å². The summed E-state index contributed by atoms with van der Waals surface area (Å²) >= 11 is 3.13. The van der Waals surface area contributed by atoms with Crippen molar-refractivity contribution in [2.75, 3.05) is 11.9 Å². The summed E-state index contributed by atoms with van der Waals surface area (Å²) in [5, 5.41) is 23.1. The summed E-state index contributed by atoms with van der Waals surface area (Å²) in [5.74, 6) is -3.74. The second-order valence-corrected chi connectivity index (χ2v) is 7.18. The van der Waals surface area contributed by atoms with Gasteiger partial charge in [-0.25, -0.2) is 8.78 Å². The largest absolute Gasteiger partial charge is 0.390 e. The number of benzene rings is 1. The van der Waals surface area contributed by atoms with Gasteiger partial charge in [0.2, 0.25) is 0 Å². The number of aliphatic hydroxyl groups excluding tert-OH is 1. The molecule has 0 bridgehead atoms. The second kappa shape index (κ2) is 6.58. The van der Waals surface area contributed by atoms with E-state index < -0.39 is 29.1 Å². The van der Waals surface area contributed by atoms with Crippen LogP contribution in [0.1, 0.15) is 12.8 Å². The Kier molecular flexibility index (Phi) is 4.74. The number of alkyl halides is 2. The highest BCUT2D eigenvalue weighted by molar-refractivity contribution is 9.10. The van der Waals surface area contributed by atoms with Gasteiger partial charge in [-0.2, -0.15) is 0 Å². The standard InChI is InChI=1S/C16H16BrF2N3O4/c1-21-11-5-4-9(22(25)26)6-10(11)13(12(17)15(21)24)20-14(8-2-3-8)16(18,19)7-23/h4-6,8,14,20,23H,2-3,7H2,1H3. The van der Waals surface area contributed by atoms with Crippen molar-refractivity contribution in [2.45, 2.75) is 24.8 Å². The molecule has 26 heavy (non-hydrogen) atoms. The summed E-state index contributed by atoms with van der Waals surface area (Å²) in [6.07, 6.45) is 1.15. The molecule has 1 heterocycles. The van der Waals surface area contributed by atoms with Crippen molar-refractivity contribution in [3.8, 4) is 0 Å². The Balaban J connectivity index is 2.21. The highest BCUT2D eigenvalue weighted by Crippen LogP contribution is 2.43. The molecule has 1 aromatic carbocycles. The maximum Gasteiger partial charge on any atom is 0.290 e. The monoisotopic (exact) mass is 431 g/mol. The van der Waals surface area contributed by atoms with Crippen molar-refractivity contribution in [1.82, 2.24) is 4.57 Å². The van der Waals surface area contributed by atoms with Gasteiger partial charge in [-0.1, -0.05) is 0 Å². The van der Waals surface area contributed by atoms with Gasteiger partial charge in [0, 0.05) is 24.6 Å². The number of hydrogen-bond acceptors (Lipinski definition) is 5. The lowest BCUT2D eigenvalue weighted by molar-refractivity contribution is -0.384. The van der Waals surface area contributed by atoms with E-state index in [0.717, 1.165) is 0 Å². The molecule has 1 fully saturated rings. The molecule has 2 aromatic rings. The van der Waals surface area contributed by atoms with Gasteiger partial charge < -0.3 is 15.0 Å². The summed E-state index contributed by atoms with van der Waals surface area (Å²) < 4.78 is 29.7. The zero-order valence-corrected chi connectivity index (χ0v) is 15.3. The molecule has 0 radical (unpaired) electrons.